The molecule has 2 nitrogen and oxygen atoms in total. The van der Waals surface area contributed by atoms with Crippen LogP contribution in [0, 0.1) is 6.92 Å². The molecule has 0 spiro atoms. The molecule has 0 atom stereocenters. The first-order chi connectivity index (χ1) is 7.74. The minimum absolute atomic E-state index is 0.614. The topological polar surface area (TPSA) is 38.9 Å². The zero-order valence-electron chi connectivity index (χ0n) is 9.48. The van der Waals surface area contributed by atoms with Crippen LogP contribution in [-0.2, 0) is 12.8 Å². The van der Waals surface area contributed by atoms with Gasteiger partial charge in [-0.05, 0) is 43.0 Å². The third-order valence-electron chi connectivity index (χ3n) is 2.56. The predicted molar refractivity (Wildman–Crippen MR) is 67.2 cm³/mol. The normalized spacial score (nSPS) is 10.3. The van der Waals surface area contributed by atoms with E-state index in [1.165, 1.54) is 11.1 Å². The van der Waals surface area contributed by atoms with Crippen molar-refractivity contribution >= 4 is 5.82 Å². The molecule has 2 aromatic rings. The summed E-state index contributed by atoms with van der Waals surface area (Å²) in [5, 5.41) is 0. The first-order valence-electron chi connectivity index (χ1n) is 5.51. The van der Waals surface area contributed by atoms with Gasteiger partial charge < -0.3 is 5.73 Å². The lowest BCUT2D eigenvalue weighted by Gasteiger charge is -2.04. The van der Waals surface area contributed by atoms with Crippen LogP contribution in [0.1, 0.15) is 16.8 Å². The molecule has 2 rings (SSSR count). The first-order valence-corrected chi connectivity index (χ1v) is 5.51. The largest absolute Gasteiger partial charge is 0.384 e. The van der Waals surface area contributed by atoms with E-state index in [1.54, 1.807) is 0 Å². The van der Waals surface area contributed by atoms with Gasteiger partial charge in [0.05, 0.1) is 0 Å². The molecule has 1 aromatic carbocycles. The lowest BCUT2D eigenvalue weighted by molar-refractivity contribution is 0.913. The molecule has 0 saturated heterocycles. The maximum absolute atomic E-state index is 5.72. The van der Waals surface area contributed by atoms with Gasteiger partial charge in [-0.1, -0.05) is 30.3 Å². The molecule has 0 aliphatic heterocycles. The Labute approximate surface area is 96.1 Å². The average molecular weight is 212 g/mol. The Bertz CT molecular complexity index is 443. The lowest BCUT2D eigenvalue weighted by Crippen LogP contribution is -1.99. The molecule has 0 amide bonds. The number of aromatic nitrogens is 1. The highest BCUT2D eigenvalue weighted by Gasteiger charge is 1.99. The van der Waals surface area contributed by atoms with Crippen LogP contribution in [0.4, 0.5) is 5.82 Å². The lowest BCUT2D eigenvalue weighted by atomic mass is 10.1. The second-order valence-corrected chi connectivity index (χ2v) is 4.05. The molecule has 0 aliphatic rings. The number of benzene rings is 1. The number of hydrogen-bond donors (Lipinski definition) is 1. The van der Waals surface area contributed by atoms with E-state index in [1.807, 2.05) is 19.1 Å². The first kappa shape index (κ1) is 10.7. The maximum Gasteiger partial charge on any atom is 0.123 e. The average Bonchev–Trinajstić information content (AvgIpc) is 2.27. The van der Waals surface area contributed by atoms with Crippen molar-refractivity contribution in [2.24, 2.45) is 0 Å². The van der Waals surface area contributed by atoms with Gasteiger partial charge in [-0.25, -0.2) is 4.98 Å². The number of aryl methyl sites for hydroxylation is 3. The molecule has 82 valence electrons. The standard InChI is InChI=1S/C14H16N2/c1-11-9-13(16-14(15)10-11)8-7-12-5-3-2-4-6-12/h2-6,9-10H,7-8H2,1H3,(H2,15,16). The van der Waals surface area contributed by atoms with Crippen molar-refractivity contribution in [1.82, 2.24) is 4.98 Å². The fraction of sp³-hybridized carbons (Fsp3) is 0.214. The van der Waals surface area contributed by atoms with Gasteiger partial charge in [-0.3, -0.25) is 0 Å². The molecule has 2 heteroatoms. The third-order valence-corrected chi connectivity index (χ3v) is 2.56. The summed E-state index contributed by atoms with van der Waals surface area (Å²) in [7, 11) is 0. The highest BCUT2D eigenvalue weighted by Crippen LogP contribution is 2.10. The molecular formula is C14H16N2. The zero-order valence-corrected chi connectivity index (χ0v) is 9.48. The van der Waals surface area contributed by atoms with E-state index in [-0.39, 0.29) is 0 Å². The number of nitrogens with zero attached hydrogens (tertiary/aromatic N) is 1. The van der Waals surface area contributed by atoms with Crippen molar-refractivity contribution in [3.63, 3.8) is 0 Å². The van der Waals surface area contributed by atoms with Crippen LogP contribution in [-0.4, -0.2) is 4.98 Å². The van der Waals surface area contributed by atoms with Gasteiger partial charge in [0.25, 0.3) is 0 Å². The van der Waals surface area contributed by atoms with E-state index in [0.717, 1.165) is 18.5 Å². The molecule has 16 heavy (non-hydrogen) atoms. The smallest absolute Gasteiger partial charge is 0.123 e. The summed E-state index contributed by atoms with van der Waals surface area (Å²) < 4.78 is 0. The van der Waals surface area contributed by atoms with Crippen LogP contribution in [0.2, 0.25) is 0 Å². The van der Waals surface area contributed by atoms with Crippen molar-refractivity contribution in [2.75, 3.05) is 5.73 Å². The van der Waals surface area contributed by atoms with Gasteiger partial charge >= 0.3 is 0 Å². The van der Waals surface area contributed by atoms with E-state index < -0.39 is 0 Å². The Morgan fingerprint density at radius 1 is 1.06 bits per heavy atom. The van der Waals surface area contributed by atoms with Gasteiger partial charge in [-0.2, -0.15) is 0 Å². The van der Waals surface area contributed by atoms with Crippen molar-refractivity contribution in [1.29, 1.82) is 0 Å². The fourth-order valence-corrected chi connectivity index (χ4v) is 1.81. The summed E-state index contributed by atoms with van der Waals surface area (Å²) in [6, 6.07) is 14.4. The van der Waals surface area contributed by atoms with E-state index in [0.29, 0.717) is 5.82 Å². The van der Waals surface area contributed by atoms with Crippen LogP contribution >= 0.6 is 0 Å². The quantitative estimate of drug-likeness (QED) is 0.849. The molecule has 0 fully saturated rings. The number of anilines is 1. The third kappa shape index (κ3) is 2.83. The molecule has 1 aromatic heterocycles. The molecule has 1 heterocycles. The summed E-state index contributed by atoms with van der Waals surface area (Å²) in [5.74, 6) is 0.614. The van der Waals surface area contributed by atoms with E-state index >= 15 is 0 Å². The Morgan fingerprint density at radius 2 is 1.81 bits per heavy atom. The highest BCUT2D eigenvalue weighted by atomic mass is 14.8. The highest BCUT2D eigenvalue weighted by molar-refractivity contribution is 5.34. The van der Waals surface area contributed by atoms with Gasteiger partial charge in [0, 0.05) is 5.69 Å². The van der Waals surface area contributed by atoms with Crippen LogP contribution < -0.4 is 5.73 Å². The van der Waals surface area contributed by atoms with E-state index in [9.17, 15) is 0 Å². The van der Waals surface area contributed by atoms with Gasteiger partial charge in [0.2, 0.25) is 0 Å². The second kappa shape index (κ2) is 4.79. The van der Waals surface area contributed by atoms with Crippen LogP contribution in [0.5, 0.6) is 0 Å². The van der Waals surface area contributed by atoms with Crippen molar-refractivity contribution in [3.05, 3.63) is 59.3 Å². The summed E-state index contributed by atoms with van der Waals surface area (Å²) in [5.41, 5.74) is 9.30. The molecule has 2 N–H and O–H groups in total. The number of pyridine rings is 1. The number of hydrogen-bond acceptors (Lipinski definition) is 2. The number of nitrogen functional groups attached to an aromatic ring is 1. The van der Waals surface area contributed by atoms with Crippen LogP contribution in [0.25, 0.3) is 0 Å². The maximum atomic E-state index is 5.72. The van der Waals surface area contributed by atoms with Gasteiger partial charge in [0.15, 0.2) is 0 Å². The van der Waals surface area contributed by atoms with Crippen LogP contribution in [0.3, 0.4) is 0 Å². The van der Waals surface area contributed by atoms with Crippen molar-refractivity contribution in [2.45, 2.75) is 19.8 Å². The van der Waals surface area contributed by atoms with Crippen molar-refractivity contribution in [3.8, 4) is 0 Å². The van der Waals surface area contributed by atoms with Gasteiger partial charge in [-0.15, -0.1) is 0 Å². The zero-order chi connectivity index (χ0) is 11.4. The Morgan fingerprint density at radius 3 is 2.50 bits per heavy atom. The molecule has 0 radical (unpaired) electrons. The molecule has 0 saturated carbocycles. The second-order valence-electron chi connectivity index (χ2n) is 4.05. The Balaban J connectivity index is 2.05. The summed E-state index contributed by atoms with van der Waals surface area (Å²) in [6.07, 6.45) is 1.95. The van der Waals surface area contributed by atoms with Crippen molar-refractivity contribution < 1.29 is 0 Å². The Kier molecular flexibility index (Phi) is 3.20. The Hall–Kier alpha value is -1.83. The minimum atomic E-state index is 0.614. The fourth-order valence-electron chi connectivity index (χ4n) is 1.81. The predicted octanol–water partition coefficient (Wildman–Crippen LogP) is 2.76. The van der Waals surface area contributed by atoms with Gasteiger partial charge in [0.1, 0.15) is 5.82 Å². The molecular weight excluding hydrogens is 196 g/mol. The molecule has 0 unspecified atom stereocenters. The summed E-state index contributed by atoms with van der Waals surface area (Å²) >= 11 is 0. The monoisotopic (exact) mass is 212 g/mol. The summed E-state index contributed by atoms with van der Waals surface area (Å²) in [6.45, 7) is 2.05. The summed E-state index contributed by atoms with van der Waals surface area (Å²) in [4.78, 5) is 4.33. The molecule has 0 aliphatic carbocycles. The van der Waals surface area contributed by atoms with E-state index in [4.69, 9.17) is 5.73 Å². The van der Waals surface area contributed by atoms with Crippen LogP contribution in [0.15, 0.2) is 42.5 Å². The number of rotatable bonds is 3. The van der Waals surface area contributed by atoms with E-state index in [2.05, 4.69) is 35.3 Å². The SMILES string of the molecule is Cc1cc(N)nc(CCc2ccccc2)c1. The minimum Gasteiger partial charge on any atom is -0.384 e. The number of nitrogens with two attached hydrogens (primary N) is 1. The molecule has 0 bridgehead atoms.